The Labute approximate surface area is 169 Å². The van der Waals surface area contributed by atoms with Gasteiger partial charge in [0, 0.05) is 26.1 Å². The summed E-state index contributed by atoms with van der Waals surface area (Å²) in [5, 5.41) is 0. The topological polar surface area (TPSA) is 18.5 Å². The molecule has 0 saturated heterocycles. The molecule has 0 aromatic heterocycles. The van der Waals surface area contributed by atoms with Crippen molar-refractivity contribution in [2.75, 3.05) is 13.2 Å². The monoisotopic (exact) mass is 466 g/mol. The fourth-order valence-corrected chi connectivity index (χ4v) is 2.44. The highest BCUT2D eigenvalue weighted by Gasteiger charge is 2.57. The highest BCUT2D eigenvalue weighted by molar-refractivity contribution is 4.76. The first-order chi connectivity index (χ1) is 13.6. The first kappa shape index (κ1) is 29.2. The van der Waals surface area contributed by atoms with Crippen LogP contribution in [0.25, 0.3) is 0 Å². The largest absolute Gasteiger partial charge is 0.453 e. The van der Waals surface area contributed by atoms with Crippen molar-refractivity contribution >= 4 is 0 Å². The lowest BCUT2D eigenvalue weighted by molar-refractivity contribution is -0.284. The van der Waals surface area contributed by atoms with E-state index < -0.39 is 43.3 Å². The zero-order chi connectivity index (χ0) is 23.5. The van der Waals surface area contributed by atoms with Gasteiger partial charge in [-0.25, -0.2) is 0 Å². The van der Waals surface area contributed by atoms with Crippen LogP contribution in [0.15, 0.2) is 0 Å². The van der Waals surface area contributed by atoms with Gasteiger partial charge in [-0.1, -0.05) is 25.7 Å². The molecule has 0 spiro atoms. The molecule has 0 unspecified atom stereocenters. The molecule has 12 heteroatoms. The molecule has 0 aromatic carbocycles. The number of halogens is 10. The molecule has 0 aromatic rings. The van der Waals surface area contributed by atoms with Gasteiger partial charge in [-0.2, -0.15) is 43.9 Å². The van der Waals surface area contributed by atoms with Gasteiger partial charge in [0.2, 0.25) is 0 Å². The Morgan fingerprint density at radius 3 is 1.10 bits per heavy atom. The van der Waals surface area contributed by atoms with E-state index in [1.165, 1.54) is 0 Å². The second kappa shape index (κ2) is 12.9. The van der Waals surface area contributed by atoms with Gasteiger partial charge < -0.3 is 9.47 Å². The van der Waals surface area contributed by atoms with Crippen LogP contribution in [0.2, 0.25) is 0 Å². The number of alkyl halides is 10. The third kappa shape index (κ3) is 12.2. The summed E-state index contributed by atoms with van der Waals surface area (Å²) in [7, 11) is 0. The minimum absolute atomic E-state index is 0.206. The first-order valence-electron chi connectivity index (χ1n) is 9.72. The summed E-state index contributed by atoms with van der Waals surface area (Å²) in [5.41, 5.74) is 0. The number of hydrogen-bond acceptors (Lipinski definition) is 2. The predicted octanol–water partition coefficient (Wildman–Crippen LogP) is 7.66. The van der Waals surface area contributed by atoms with E-state index in [9.17, 15) is 43.9 Å². The second-order valence-electron chi connectivity index (χ2n) is 7.04. The van der Waals surface area contributed by atoms with Gasteiger partial charge in [-0.3, -0.25) is 0 Å². The Hall–Kier alpha value is -0.780. The van der Waals surface area contributed by atoms with Crippen LogP contribution in [-0.2, 0) is 9.47 Å². The molecule has 0 bridgehead atoms. The molecule has 0 aliphatic heterocycles. The van der Waals surface area contributed by atoms with Gasteiger partial charge in [-0.15, -0.1) is 0 Å². The fourth-order valence-electron chi connectivity index (χ4n) is 2.44. The van der Waals surface area contributed by atoms with Gasteiger partial charge in [0.05, 0.1) is 0 Å². The molecule has 0 saturated carbocycles. The summed E-state index contributed by atoms with van der Waals surface area (Å²) < 4.78 is 133. The summed E-state index contributed by atoms with van der Waals surface area (Å²) >= 11 is 0. The van der Waals surface area contributed by atoms with E-state index in [4.69, 9.17) is 9.47 Å². The Morgan fingerprint density at radius 1 is 0.500 bits per heavy atom. The van der Waals surface area contributed by atoms with E-state index >= 15 is 0 Å². The summed E-state index contributed by atoms with van der Waals surface area (Å²) in [5.74, 6) is -9.35. The van der Waals surface area contributed by atoms with E-state index in [0.717, 1.165) is 0 Å². The maximum Gasteiger partial charge on any atom is 0.453 e. The fraction of sp³-hybridized carbons (Fsp3) is 1.00. The average Bonchev–Trinajstić information content (AvgIpc) is 2.57. The van der Waals surface area contributed by atoms with Crippen molar-refractivity contribution in [3.8, 4) is 0 Å². The predicted molar refractivity (Wildman–Crippen MR) is 89.5 cm³/mol. The molecule has 0 amide bonds. The molecule has 0 rings (SSSR count). The Balaban J connectivity index is 3.58. The lowest BCUT2D eigenvalue weighted by Gasteiger charge is -2.19. The Bertz CT molecular complexity index is 409. The van der Waals surface area contributed by atoms with E-state index in [1.54, 1.807) is 6.92 Å². The van der Waals surface area contributed by atoms with Crippen LogP contribution in [0.4, 0.5) is 43.9 Å². The zero-order valence-electron chi connectivity index (χ0n) is 16.7. The normalized spacial score (nSPS) is 14.0. The summed E-state index contributed by atoms with van der Waals surface area (Å²) in [6.07, 6.45) is -12.5. The molecule has 0 fully saturated rings. The molecule has 0 N–H and O–H groups in total. The standard InChI is InChI=1S/C18H28F10O2/c1-14(29-12-8-4-2-6-10-15(19,20)17(23,24)25)30-13-9-5-3-7-11-16(21,22)18(26,27)28/h14H,2-13H2,1H3. The van der Waals surface area contributed by atoms with Gasteiger partial charge in [0.25, 0.3) is 0 Å². The highest BCUT2D eigenvalue weighted by atomic mass is 19.4. The van der Waals surface area contributed by atoms with Crippen molar-refractivity contribution in [3.63, 3.8) is 0 Å². The molecule has 0 aliphatic rings. The van der Waals surface area contributed by atoms with Crippen molar-refractivity contribution in [2.24, 2.45) is 0 Å². The number of ether oxygens (including phenoxy) is 2. The van der Waals surface area contributed by atoms with Crippen molar-refractivity contribution in [1.29, 1.82) is 0 Å². The van der Waals surface area contributed by atoms with Crippen molar-refractivity contribution in [1.82, 2.24) is 0 Å². The molecule has 0 radical (unpaired) electrons. The van der Waals surface area contributed by atoms with Crippen molar-refractivity contribution < 1.29 is 53.4 Å². The molecular weight excluding hydrogens is 438 g/mol. The number of hydrogen-bond donors (Lipinski definition) is 0. The van der Waals surface area contributed by atoms with Crippen LogP contribution in [0.1, 0.15) is 71.1 Å². The van der Waals surface area contributed by atoms with Crippen LogP contribution >= 0.6 is 0 Å². The summed E-state index contributed by atoms with van der Waals surface area (Å²) in [4.78, 5) is 0. The quantitative estimate of drug-likeness (QED) is 0.132. The minimum atomic E-state index is -5.53. The van der Waals surface area contributed by atoms with E-state index in [2.05, 4.69) is 0 Å². The summed E-state index contributed by atoms with van der Waals surface area (Å²) in [6, 6.07) is 0. The average molecular weight is 466 g/mol. The van der Waals surface area contributed by atoms with Gasteiger partial charge >= 0.3 is 24.2 Å². The third-order valence-corrected chi connectivity index (χ3v) is 4.30. The molecule has 0 atom stereocenters. The SMILES string of the molecule is CC(OCCCCCCC(F)(F)C(F)(F)F)OCCCCCCC(F)(F)C(F)(F)F. The van der Waals surface area contributed by atoms with E-state index in [0.29, 0.717) is 25.7 Å². The van der Waals surface area contributed by atoms with Crippen molar-refractivity contribution in [2.45, 2.75) is 102 Å². The van der Waals surface area contributed by atoms with Gasteiger partial charge in [0.15, 0.2) is 6.29 Å². The minimum Gasteiger partial charge on any atom is -0.353 e. The maximum absolute atomic E-state index is 12.7. The van der Waals surface area contributed by atoms with E-state index in [-0.39, 0.29) is 38.9 Å². The highest BCUT2D eigenvalue weighted by Crippen LogP contribution is 2.40. The van der Waals surface area contributed by atoms with Crippen LogP contribution in [-0.4, -0.2) is 43.7 Å². The van der Waals surface area contributed by atoms with Gasteiger partial charge in [0.1, 0.15) is 0 Å². The maximum atomic E-state index is 12.7. The van der Waals surface area contributed by atoms with Gasteiger partial charge in [-0.05, 0) is 32.6 Å². The van der Waals surface area contributed by atoms with Crippen LogP contribution < -0.4 is 0 Å². The lowest BCUT2D eigenvalue weighted by atomic mass is 10.1. The molecule has 30 heavy (non-hydrogen) atoms. The lowest BCUT2D eigenvalue weighted by Crippen LogP contribution is -2.36. The number of rotatable bonds is 16. The summed E-state index contributed by atoms with van der Waals surface area (Å²) in [6.45, 7) is 2.04. The Kier molecular flexibility index (Phi) is 12.6. The number of unbranched alkanes of at least 4 members (excludes halogenated alkanes) is 6. The molecule has 2 nitrogen and oxygen atoms in total. The Morgan fingerprint density at radius 2 is 0.800 bits per heavy atom. The van der Waals surface area contributed by atoms with Crippen LogP contribution in [0, 0.1) is 0 Å². The third-order valence-electron chi connectivity index (χ3n) is 4.30. The first-order valence-corrected chi connectivity index (χ1v) is 9.72. The molecular formula is C18H28F10O2. The second-order valence-corrected chi connectivity index (χ2v) is 7.04. The molecule has 0 heterocycles. The smallest absolute Gasteiger partial charge is 0.353 e. The van der Waals surface area contributed by atoms with Crippen molar-refractivity contribution in [3.05, 3.63) is 0 Å². The molecule has 182 valence electrons. The zero-order valence-corrected chi connectivity index (χ0v) is 16.7. The van der Waals surface area contributed by atoms with E-state index in [1.807, 2.05) is 0 Å². The molecule has 0 aliphatic carbocycles. The van der Waals surface area contributed by atoms with Crippen LogP contribution in [0.5, 0.6) is 0 Å². The van der Waals surface area contributed by atoms with Crippen LogP contribution in [0.3, 0.4) is 0 Å².